The lowest BCUT2D eigenvalue weighted by molar-refractivity contribution is -0.145. The molecule has 35 heavy (non-hydrogen) atoms. The second kappa shape index (κ2) is 9.49. The van der Waals surface area contributed by atoms with E-state index in [9.17, 15) is 14.4 Å². The lowest BCUT2D eigenvalue weighted by atomic mass is 9.75. The van der Waals surface area contributed by atoms with Gasteiger partial charge >= 0.3 is 0 Å². The monoisotopic (exact) mass is 493 g/mol. The maximum atomic E-state index is 15.1. The predicted octanol–water partition coefficient (Wildman–Crippen LogP) is 4.81. The highest BCUT2D eigenvalue weighted by atomic mass is 32.1. The molecule has 0 bridgehead atoms. The minimum absolute atomic E-state index is 0.124. The highest BCUT2D eigenvalue weighted by molar-refractivity contribution is 7.18. The minimum atomic E-state index is -1.53. The maximum Gasteiger partial charge on any atom is 0.241 e. The van der Waals surface area contributed by atoms with Crippen LogP contribution in [0.5, 0.6) is 0 Å². The van der Waals surface area contributed by atoms with Crippen molar-refractivity contribution in [1.29, 1.82) is 0 Å². The van der Waals surface area contributed by atoms with Crippen molar-refractivity contribution >= 4 is 39.3 Å². The molecule has 5 rings (SSSR count). The van der Waals surface area contributed by atoms with Crippen LogP contribution in [-0.2, 0) is 26.3 Å². The van der Waals surface area contributed by atoms with Crippen LogP contribution < -0.4 is 0 Å². The molecule has 0 spiro atoms. The van der Waals surface area contributed by atoms with Crippen molar-refractivity contribution in [2.24, 2.45) is 0 Å². The molecule has 2 heterocycles. The number of thiazole rings is 1. The second-order valence-electron chi connectivity index (χ2n) is 9.60. The Labute approximate surface area is 207 Å². The third kappa shape index (κ3) is 4.35. The lowest BCUT2D eigenvalue weighted by Crippen LogP contribution is -2.47. The van der Waals surface area contributed by atoms with Crippen molar-refractivity contribution in [2.45, 2.75) is 62.9 Å². The Morgan fingerprint density at radius 3 is 2.57 bits per heavy atom. The third-order valence-corrected chi connectivity index (χ3v) is 8.29. The van der Waals surface area contributed by atoms with Gasteiger partial charge in [-0.05, 0) is 31.0 Å². The second-order valence-corrected chi connectivity index (χ2v) is 10.7. The highest BCUT2D eigenvalue weighted by Gasteiger charge is 2.56. The van der Waals surface area contributed by atoms with Crippen molar-refractivity contribution in [1.82, 2.24) is 14.8 Å². The van der Waals surface area contributed by atoms with Crippen LogP contribution >= 0.6 is 11.3 Å². The molecule has 2 aliphatic rings. The van der Waals surface area contributed by atoms with E-state index >= 15 is 4.39 Å². The van der Waals surface area contributed by atoms with E-state index in [2.05, 4.69) is 4.98 Å². The zero-order chi connectivity index (χ0) is 24.6. The molecule has 3 aromatic rings. The van der Waals surface area contributed by atoms with E-state index in [-0.39, 0.29) is 42.8 Å². The van der Waals surface area contributed by atoms with Crippen molar-refractivity contribution < 1.29 is 18.8 Å². The summed E-state index contributed by atoms with van der Waals surface area (Å²) in [5, 5.41) is 0.777. The fourth-order valence-electron chi connectivity index (χ4n) is 5.44. The zero-order valence-electron chi connectivity index (χ0n) is 19.7. The third-order valence-electron chi connectivity index (χ3n) is 7.27. The summed E-state index contributed by atoms with van der Waals surface area (Å²) < 4.78 is 16.1. The van der Waals surface area contributed by atoms with Crippen LogP contribution in [0.4, 0.5) is 4.39 Å². The number of likely N-dealkylation sites (tertiary alicyclic amines) is 1. The van der Waals surface area contributed by atoms with Crippen LogP contribution in [0.25, 0.3) is 10.2 Å². The summed E-state index contributed by atoms with van der Waals surface area (Å²) in [4.78, 5) is 47.9. The number of aromatic nitrogens is 1. The average molecular weight is 494 g/mol. The maximum absolute atomic E-state index is 15.1. The predicted molar refractivity (Wildman–Crippen MR) is 132 cm³/mol. The molecule has 0 radical (unpaired) electrons. The van der Waals surface area contributed by atoms with Crippen molar-refractivity contribution in [2.75, 3.05) is 7.05 Å². The summed E-state index contributed by atoms with van der Waals surface area (Å²) in [7, 11) is 1.66. The molecular formula is C27H28FN3O3S. The number of hydrogen-bond acceptors (Lipinski definition) is 5. The van der Waals surface area contributed by atoms with Gasteiger partial charge < -0.3 is 4.90 Å². The lowest BCUT2D eigenvalue weighted by Gasteiger charge is -2.33. The Hall–Kier alpha value is -3.13. The molecular weight excluding hydrogens is 465 g/mol. The van der Waals surface area contributed by atoms with E-state index in [0.29, 0.717) is 0 Å². The van der Waals surface area contributed by atoms with Gasteiger partial charge in [0.05, 0.1) is 22.2 Å². The Bertz CT molecular complexity index is 1250. The largest absolute Gasteiger partial charge is 0.339 e. The number of rotatable bonds is 6. The molecule has 182 valence electrons. The van der Waals surface area contributed by atoms with Gasteiger partial charge in [-0.25, -0.2) is 9.37 Å². The first-order valence-electron chi connectivity index (χ1n) is 12.1. The summed E-state index contributed by atoms with van der Waals surface area (Å²) in [6.45, 7) is 0.278. The van der Waals surface area contributed by atoms with E-state index in [4.69, 9.17) is 0 Å². The molecule has 1 aromatic heterocycles. The first-order chi connectivity index (χ1) is 16.9. The highest BCUT2D eigenvalue weighted by Crippen LogP contribution is 2.43. The van der Waals surface area contributed by atoms with E-state index < -0.39 is 17.1 Å². The number of carbonyl (C=O) groups is 3. The van der Waals surface area contributed by atoms with E-state index in [1.807, 2.05) is 24.3 Å². The molecule has 1 aliphatic carbocycles. The topological polar surface area (TPSA) is 70.6 Å². The zero-order valence-corrected chi connectivity index (χ0v) is 20.5. The number of hydrogen-bond donors (Lipinski definition) is 0. The summed E-state index contributed by atoms with van der Waals surface area (Å²) >= 11 is 1.51. The first kappa shape index (κ1) is 23.6. The molecule has 2 aromatic carbocycles. The molecule has 1 saturated heterocycles. The molecule has 6 nitrogen and oxygen atoms in total. The smallest absolute Gasteiger partial charge is 0.241 e. The van der Waals surface area contributed by atoms with Crippen molar-refractivity contribution in [3.63, 3.8) is 0 Å². The van der Waals surface area contributed by atoms with Gasteiger partial charge in [0.2, 0.25) is 17.7 Å². The molecule has 1 aliphatic heterocycles. The van der Waals surface area contributed by atoms with Gasteiger partial charge in [-0.3, -0.25) is 19.3 Å². The number of fused-ring (bicyclic) bond motifs is 1. The average Bonchev–Trinajstić information content (AvgIpc) is 3.37. The van der Waals surface area contributed by atoms with Crippen LogP contribution in [0.1, 0.15) is 55.5 Å². The Balaban J connectivity index is 1.43. The van der Waals surface area contributed by atoms with E-state index in [1.165, 1.54) is 33.3 Å². The summed E-state index contributed by atoms with van der Waals surface area (Å²) in [6, 6.07) is 13.6. The van der Waals surface area contributed by atoms with Crippen molar-refractivity contribution in [3.8, 4) is 0 Å². The van der Waals surface area contributed by atoms with Gasteiger partial charge in [0.1, 0.15) is 10.8 Å². The van der Waals surface area contributed by atoms with Crippen LogP contribution in [0.3, 0.4) is 0 Å². The normalized spacial score (nSPS) is 21.1. The quantitative estimate of drug-likeness (QED) is 0.462. The van der Waals surface area contributed by atoms with Gasteiger partial charge in [-0.1, -0.05) is 49.6 Å². The molecule has 1 unspecified atom stereocenters. The van der Waals surface area contributed by atoms with Gasteiger partial charge in [0.15, 0.2) is 0 Å². The number of benzene rings is 2. The van der Waals surface area contributed by atoms with Crippen LogP contribution in [-0.4, -0.2) is 45.6 Å². The summed E-state index contributed by atoms with van der Waals surface area (Å²) in [5.41, 5.74) is -0.534. The number of halogens is 1. The van der Waals surface area contributed by atoms with Crippen LogP contribution in [0.2, 0.25) is 0 Å². The van der Waals surface area contributed by atoms with Crippen LogP contribution in [0.15, 0.2) is 48.5 Å². The van der Waals surface area contributed by atoms with E-state index in [0.717, 1.165) is 47.3 Å². The molecule has 0 N–H and O–H groups in total. The molecule has 1 saturated carbocycles. The fraction of sp³-hybridized carbons (Fsp3) is 0.407. The van der Waals surface area contributed by atoms with Gasteiger partial charge in [-0.15, -0.1) is 11.3 Å². The van der Waals surface area contributed by atoms with Gasteiger partial charge in [0.25, 0.3) is 0 Å². The van der Waals surface area contributed by atoms with Crippen molar-refractivity contribution in [3.05, 3.63) is 64.9 Å². The van der Waals surface area contributed by atoms with Gasteiger partial charge in [-0.2, -0.15) is 0 Å². The summed E-state index contributed by atoms with van der Waals surface area (Å²) in [5.74, 6) is -1.65. The number of carbonyl (C=O) groups excluding carboxylic acids is 3. The molecule has 2 fully saturated rings. The molecule has 3 amide bonds. The van der Waals surface area contributed by atoms with Crippen LogP contribution in [0, 0.1) is 5.82 Å². The first-order valence-corrected chi connectivity index (χ1v) is 12.9. The fourth-order valence-corrected chi connectivity index (χ4v) is 6.46. The number of para-hydroxylation sites is 1. The Kier molecular flexibility index (Phi) is 6.40. The number of nitrogens with zero attached hydrogens (tertiary/aromatic N) is 3. The molecule has 8 heteroatoms. The van der Waals surface area contributed by atoms with Gasteiger partial charge in [0, 0.05) is 31.5 Å². The molecule has 1 atom stereocenters. The SMILES string of the molecule is CN(Cc1nc2ccccc2s1)C(=O)CC1(c2ccccc2F)CC(=O)N(C2CCCCC2)C1=O. The number of imide groups is 1. The number of amides is 3. The Morgan fingerprint density at radius 1 is 1.11 bits per heavy atom. The standard InChI is InChI=1S/C27H28FN3O3S/c1-30(17-23-29-21-13-7-8-14-22(21)35-23)24(32)15-27(19-11-5-6-12-20(19)28)16-25(33)31(26(27)34)18-9-3-2-4-10-18/h5-8,11-14,18H,2-4,9-10,15-17H2,1H3. The minimum Gasteiger partial charge on any atom is -0.339 e. The Morgan fingerprint density at radius 2 is 1.83 bits per heavy atom. The summed E-state index contributed by atoms with van der Waals surface area (Å²) in [6.07, 6.45) is 4.07. The van der Waals surface area contributed by atoms with E-state index in [1.54, 1.807) is 19.2 Å².